The van der Waals surface area contributed by atoms with Gasteiger partial charge in [-0.05, 0) is 35.4 Å². The van der Waals surface area contributed by atoms with Crippen LogP contribution in [0.15, 0.2) is 48.5 Å². The van der Waals surface area contributed by atoms with E-state index in [0.717, 1.165) is 11.3 Å². The van der Waals surface area contributed by atoms with Crippen LogP contribution in [0.2, 0.25) is 0 Å². The molecule has 0 bridgehead atoms. The fourth-order valence-electron chi connectivity index (χ4n) is 2.94. The number of aliphatic hydroxyl groups excluding tert-OH is 2. The molecular weight excluding hydrogens is 420 g/mol. The molecule has 172 valence electrons. The second kappa shape index (κ2) is 13.6. The maximum atomic E-state index is 9.51. The van der Waals surface area contributed by atoms with Crippen molar-refractivity contribution in [3.05, 3.63) is 59.7 Å². The Morgan fingerprint density at radius 2 is 1.26 bits per heavy atom. The van der Waals surface area contributed by atoms with Crippen LogP contribution in [-0.4, -0.2) is 68.4 Å². The average Bonchev–Trinajstić information content (AvgIpc) is 2.79. The Hall–Kier alpha value is -1.83. The van der Waals surface area contributed by atoms with Crippen molar-refractivity contribution < 1.29 is 29.2 Å². The average molecular weight is 453 g/mol. The van der Waals surface area contributed by atoms with E-state index >= 15 is 0 Å². The summed E-state index contributed by atoms with van der Waals surface area (Å²) in [6, 6.07) is 16.0. The van der Waals surface area contributed by atoms with Crippen LogP contribution in [0, 0.1) is 0 Å². The zero-order chi connectivity index (χ0) is 22.5. The quantitative estimate of drug-likeness (QED) is 0.318. The number of hydrogen-bond acceptors (Lipinski definition) is 6. The van der Waals surface area contributed by atoms with Crippen LogP contribution in [0.5, 0.6) is 11.5 Å². The molecule has 1 atom stereocenters. The summed E-state index contributed by atoms with van der Waals surface area (Å²) < 4.78 is 21.8. The topological polar surface area (TPSA) is 77.4 Å². The van der Waals surface area contributed by atoms with Crippen LogP contribution in [0.4, 0.5) is 0 Å². The summed E-state index contributed by atoms with van der Waals surface area (Å²) in [5, 5.41) is 18.1. The van der Waals surface area contributed by atoms with Gasteiger partial charge in [0, 0.05) is 5.41 Å². The lowest BCUT2D eigenvalue weighted by Crippen LogP contribution is -2.20. The fraction of sp³-hybridized carbons (Fsp3) is 0.500. The highest BCUT2D eigenvalue weighted by Crippen LogP contribution is 2.33. The van der Waals surface area contributed by atoms with Crippen molar-refractivity contribution in [2.45, 2.75) is 25.4 Å². The van der Waals surface area contributed by atoms with Crippen molar-refractivity contribution in [3.8, 4) is 11.5 Å². The molecule has 7 heteroatoms. The molecule has 0 aliphatic rings. The van der Waals surface area contributed by atoms with Crippen molar-refractivity contribution in [3.63, 3.8) is 0 Å². The first-order chi connectivity index (χ1) is 15.0. The number of alkyl halides is 1. The van der Waals surface area contributed by atoms with E-state index in [9.17, 15) is 5.11 Å². The minimum absolute atomic E-state index is 0.0235. The van der Waals surface area contributed by atoms with E-state index in [1.807, 2.05) is 36.4 Å². The lowest BCUT2D eigenvalue weighted by molar-refractivity contribution is 0.0247. The molecule has 0 heterocycles. The number of hydrogen-bond donors (Lipinski definition) is 2. The smallest absolute Gasteiger partial charge is 0.119 e. The fourth-order valence-corrected chi connectivity index (χ4v) is 3.03. The van der Waals surface area contributed by atoms with Gasteiger partial charge in [0.1, 0.15) is 30.8 Å². The molecule has 31 heavy (non-hydrogen) atoms. The van der Waals surface area contributed by atoms with Crippen LogP contribution in [0.1, 0.15) is 25.0 Å². The monoisotopic (exact) mass is 452 g/mol. The van der Waals surface area contributed by atoms with Crippen LogP contribution in [0.3, 0.4) is 0 Å². The van der Waals surface area contributed by atoms with Gasteiger partial charge in [0.2, 0.25) is 0 Å². The van der Waals surface area contributed by atoms with Crippen LogP contribution in [-0.2, 0) is 14.9 Å². The second-order valence-electron chi connectivity index (χ2n) is 7.59. The van der Waals surface area contributed by atoms with Crippen molar-refractivity contribution >= 4 is 11.6 Å². The Balaban J connectivity index is 1.82. The molecule has 0 aliphatic carbocycles. The maximum Gasteiger partial charge on any atom is 0.119 e. The van der Waals surface area contributed by atoms with Gasteiger partial charge in [-0.1, -0.05) is 38.1 Å². The minimum Gasteiger partial charge on any atom is -0.491 e. The molecule has 0 saturated heterocycles. The van der Waals surface area contributed by atoms with Crippen LogP contribution >= 0.6 is 11.6 Å². The van der Waals surface area contributed by atoms with Gasteiger partial charge in [0.05, 0.1) is 38.9 Å². The zero-order valence-electron chi connectivity index (χ0n) is 18.3. The minimum atomic E-state index is -0.670. The van der Waals surface area contributed by atoms with E-state index < -0.39 is 6.10 Å². The van der Waals surface area contributed by atoms with Crippen molar-refractivity contribution in [2.75, 3.05) is 52.1 Å². The predicted molar refractivity (Wildman–Crippen MR) is 121 cm³/mol. The molecule has 2 aromatic carbocycles. The Morgan fingerprint density at radius 1 is 0.774 bits per heavy atom. The highest BCUT2D eigenvalue weighted by atomic mass is 35.5. The number of halogens is 1. The summed E-state index contributed by atoms with van der Waals surface area (Å²) in [7, 11) is 0. The molecular formula is C24H33ClO6. The van der Waals surface area contributed by atoms with Crippen LogP contribution < -0.4 is 9.47 Å². The zero-order valence-corrected chi connectivity index (χ0v) is 19.0. The molecule has 0 fully saturated rings. The van der Waals surface area contributed by atoms with E-state index in [4.69, 9.17) is 35.7 Å². The number of aliphatic hydroxyl groups is 2. The third-order valence-corrected chi connectivity index (χ3v) is 5.23. The molecule has 0 saturated carbocycles. The molecule has 2 N–H and O–H groups in total. The van der Waals surface area contributed by atoms with Gasteiger partial charge in [-0.3, -0.25) is 0 Å². The molecule has 0 amide bonds. The summed E-state index contributed by atoms with van der Waals surface area (Å²) in [4.78, 5) is 0. The van der Waals surface area contributed by atoms with Gasteiger partial charge in [-0.15, -0.1) is 11.6 Å². The van der Waals surface area contributed by atoms with Gasteiger partial charge in [-0.25, -0.2) is 0 Å². The first-order valence-electron chi connectivity index (χ1n) is 10.4. The number of benzene rings is 2. The number of ether oxygens (including phenoxy) is 4. The first-order valence-corrected chi connectivity index (χ1v) is 11.0. The molecule has 0 spiro atoms. The predicted octanol–water partition coefficient (Wildman–Crippen LogP) is 3.40. The SMILES string of the molecule is CC(C)(c1ccc(OCCOCCOCCO)cc1)c1ccc(OC[C@H](O)CCl)cc1. The van der Waals surface area contributed by atoms with Gasteiger partial charge < -0.3 is 29.2 Å². The van der Waals surface area contributed by atoms with Gasteiger partial charge >= 0.3 is 0 Å². The molecule has 0 radical (unpaired) electrons. The van der Waals surface area contributed by atoms with E-state index in [2.05, 4.69) is 26.0 Å². The summed E-state index contributed by atoms with van der Waals surface area (Å²) in [6.07, 6.45) is -0.670. The maximum absolute atomic E-state index is 9.51. The van der Waals surface area contributed by atoms with E-state index in [1.165, 1.54) is 5.56 Å². The lowest BCUT2D eigenvalue weighted by Gasteiger charge is -2.26. The Morgan fingerprint density at radius 3 is 1.77 bits per heavy atom. The lowest BCUT2D eigenvalue weighted by atomic mass is 9.78. The molecule has 0 unspecified atom stereocenters. The van der Waals surface area contributed by atoms with Gasteiger partial charge in [0.25, 0.3) is 0 Å². The van der Waals surface area contributed by atoms with Crippen molar-refractivity contribution in [2.24, 2.45) is 0 Å². The summed E-state index contributed by atoms with van der Waals surface area (Å²) in [5.74, 6) is 1.65. The molecule has 2 aromatic rings. The largest absolute Gasteiger partial charge is 0.491 e. The third kappa shape index (κ3) is 8.67. The summed E-state index contributed by atoms with van der Waals surface area (Å²) in [5.41, 5.74) is 2.14. The van der Waals surface area contributed by atoms with E-state index in [-0.39, 0.29) is 24.5 Å². The highest BCUT2D eigenvalue weighted by Gasteiger charge is 2.23. The normalized spacial score (nSPS) is 12.5. The van der Waals surface area contributed by atoms with Gasteiger partial charge in [-0.2, -0.15) is 0 Å². The highest BCUT2D eigenvalue weighted by molar-refractivity contribution is 6.18. The molecule has 0 aliphatic heterocycles. The number of rotatable bonds is 15. The third-order valence-electron chi connectivity index (χ3n) is 4.88. The summed E-state index contributed by atoms with van der Waals surface area (Å²) in [6.45, 7) is 6.76. The first kappa shape index (κ1) is 25.4. The molecule has 6 nitrogen and oxygen atoms in total. The molecule has 0 aromatic heterocycles. The van der Waals surface area contributed by atoms with E-state index in [0.29, 0.717) is 38.8 Å². The summed E-state index contributed by atoms with van der Waals surface area (Å²) >= 11 is 5.59. The Labute approximate surface area is 189 Å². The Kier molecular flexibility index (Phi) is 11.1. The van der Waals surface area contributed by atoms with E-state index in [1.54, 1.807) is 0 Å². The Bertz CT molecular complexity index is 733. The van der Waals surface area contributed by atoms with Crippen LogP contribution in [0.25, 0.3) is 0 Å². The van der Waals surface area contributed by atoms with Gasteiger partial charge in [0.15, 0.2) is 0 Å². The van der Waals surface area contributed by atoms with Crippen molar-refractivity contribution in [1.82, 2.24) is 0 Å². The molecule has 2 rings (SSSR count). The van der Waals surface area contributed by atoms with Crippen molar-refractivity contribution in [1.29, 1.82) is 0 Å². The second-order valence-corrected chi connectivity index (χ2v) is 7.90. The standard InChI is InChI=1S/C24H33ClO6/c1-24(2,20-5-9-23(10-6-20)31-18-21(27)17-25)19-3-7-22(8-4-19)30-16-15-29-14-13-28-12-11-26/h3-10,21,26-27H,11-18H2,1-2H3/t21-/m1/s1.